The molecule has 0 aliphatic rings. The lowest BCUT2D eigenvalue weighted by atomic mass is 10.1. The third-order valence-electron chi connectivity index (χ3n) is 2.21. The van der Waals surface area contributed by atoms with Crippen LogP contribution in [0.3, 0.4) is 0 Å². The summed E-state index contributed by atoms with van der Waals surface area (Å²) in [4.78, 5) is 15.1. The predicted molar refractivity (Wildman–Crippen MR) is 64.3 cm³/mol. The van der Waals surface area contributed by atoms with Gasteiger partial charge < -0.3 is 5.11 Å². The van der Waals surface area contributed by atoms with Crippen molar-refractivity contribution >= 4 is 28.9 Å². The first kappa shape index (κ1) is 11.1. The van der Waals surface area contributed by atoms with Crippen molar-refractivity contribution in [1.29, 1.82) is 0 Å². The number of thiazole rings is 1. The number of carboxylic acids is 1. The first-order valence-electron chi connectivity index (χ1n) is 4.54. The third-order valence-corrected chi connectivity index (χ3v) is 3.64. The summed E-state index contributed by atoms with van der Waals surface area (Å²) in [6, 6.07) is 5.50. The molecule has 0 bridgehead atoms. The van der Waals surface area contributed by atoms with E-state index in [2.05, 4.69) is 4.98 Å². The van der Waals surface area contributed by atoms with Gasteiger partial charge in [-0.3, -0.25) is 0 Å². The van der Waals surface area contributed by atoms with Crippen molar-refractivity contribution in [2.75, 3.05) is 0 Å². The molecule has 0 unspecified atom stereocenters. The molecule has 0 aliphatic heterocycles. The fourth-order valence-electron chi connectivity index (χ4n) is 1.34. The van der Waals surface area contributed by atoms with Crippen molar-refractivity contribution in [3.8, 4) is 10.6 Å². The minimum atomic E-state index is -0.955. The highest BCUT2D eigenvalue weighted by Crippen LogP contribution is 2.31. The van der Waals surface area contributed by atoms with Gasteiger partial charge in [0.05, 0.1) is 6.20 Å². The molecule has 0 radical (unpaired) electrons. The van der Waals surface area contributed by atoms with Crippen LogP contribution in [-0.2, 0) is 0 Å². The first-order chi connectivity index (χ1) is 7.59. The maximum absolute atomic E-state index is 10.7. The standard InChI is InChI=1S/C11H8ClNO2S/c1-6-7(3-2-4-8(6)12)10-13-5-9(16-10)11(14)15/h2-5H,1H3,(H,14,15). The third kappa shape index (κ3) is 1.94. The smallest absolute Gasteiger partial charge is 0.347 e. The number of halogens is 1. The summed E-state index contributed by atoms with van der Waals surface area (Å²) in [6.07, 6.45) is 1.36. The molecule has 5 heteroatoms. The van der Waals surface area contributed by atoms with Gasteiger partial charge in [-0.1, -0.05) is 23.7 Å². The van der Waals surface area contributed by atoms with E-state index in [1.165, 1.54) is 6.20 Å². The van der Waals surface area contributed by atoms with Crippen molar-refractivity contribution < 1.29 is 9.90 Å². The molecule has 2 aromatic rings. The lowest BCUT2D eigenvalue weighted by Crippen LogP contribution is -1.89. The quantitative estimate of drug-likeness (QED) is 0.892. The van der Waals surface area contributed by atoms with Crippen LogP contribution in [0.2, 0.25) is 5.02 Å². The van der Waals surface area contributed by atoms with Gasteiger partial charge >= 0.3 is 5.97 Å². The second-order valence-electron chi connectivity index (χ2n) is 3.25. The Morgan fingerprint density at radius 1 is 1.50 bits per heavy atom. The van der Waals surface area contributed by atoms with E-state index < -0.39 is 5.97 Å². The Bertz CT molecular complexity index is 551. The molecule has 3 nitrogen and oxygen atoms in total. The molecule has 1 aromatic heterocycles. The fraction of sp³-hybridized carbons (Fsp3) is 0.0909. The Morgan fingerprint density at radius 3 is 2.88 bits per heavy atom. The summed E-state index contributed by atoms with van der Waals surface area (Å²) in [5.74, 6) is -0.955. The van der Waals surface area contributed by atoms with Crippen LogP contribution in [0.5, 0.6) is 0 Å². The molecule has 1 N–H and O–H groups in total. The Kier molecular flexibility index (Phi) is 2.94. The van der Waals surface area contributed by atoms with Gasteiger partial charge in [0.15, 0.2) is 0 Å². The molecule has 0 atom stereocenters. The van der Waals surface area contributed by atoms with Crippen LogP contribution in [0.25, 0.3) is 10.6 Å². The summed E-state index contributed by atoms with van der Waals surface area (Å²) in [7, 11) is 0. The first-order valence-corrected chi connectivity index (χ1v) is 5.73. The highest BCUT2D eigenvalue weighted by molar-refractivity contribution is 7.16. The van der Waals surface area contributed by atoms with E-state index >= 15 is 0 Å². The van der Waals surface area contributed by atoms with Crippen LogP contribution in [0.1, 0.15) is 15.2 Å². The van der Waals surface area contributed by atoms with E-state index in [0.717, 1.165) is 22.5 Å². The molecule has 0 saturated carbocycles. The predicted octanol–water partition coefficient (Wildman–Crippen LogP) is 3.47. The molecule has 16 heavy (non-hydrogen) atoms. The number of hydrogen-bond acceptors (Lipinski definition) is 3. The lowest BCUT2D eigenvalue weighted by Gasteiger charge is -2.03. The molecule has 0 spiro atoms. The summed E-state index contributed by atoms with van der Waals surface area (Å²) in [5.41, 5.74) is 1.79. The number of aromatic carboxylic acids is 1. The highest BCUT2D eigenvalue weighted by Gasteiger charge is 2.12. The van der Waals surface area contributed by atoms with E-state index in [9.17, 15) is 4.79 Å². The number of carboxylic acid groups (broad SMARTS) is 1. The number of benzene rings is 1. The minimum absolute atomic E-state index is 0.231. The topological polar surface area (TPSA) is 50.2 Å². The molecule has 0 fully saturated rings. The van der Waals surface area contributed by atoms with Gasteiger partial charge in [-0.25, -0.2) is 9.78 Å². The van der Waals surface area contributed by atoms with E-state index in [0.29, 0.717) is 10.0 Å². The minimum Gasteiger partial charge on any atom is -0.477 e. The van der Waals surface area contributed by atoms with Crippen LogP contribution in [0.4, 0.5) is 0 Å². The Hall–Kier alpha value is -1.39. The maximum atomic E-state index is 10.7. The normalized spacial score (nSPS) is 10.4. The number of hydrogen-bond donors (Lipinski definition) is 1. The van der Waals surface area contributed by atoms with E-state index in [4.69, 9.17) is 16.7 Å². The molecular weight excluding hydrogens is 246 g/mol. The Morgan fingerprint density at radius 2 is 2.25 bits per heavy atom. The van der Waals surface area contributed by atoms with Gasteiger partial charge in [0.25, 0.3) is 0 Å². The lowest BCUT2D eigenvalue weighted by molar-refractivity contribution is 0.0702. The number of rotatable bonds is 2. The van der Waals surface area contributed by atoms with Crippen molar-refractivity contribution in [1.82, 2.24) is 4.98 Å². The van der Waals surface area contributed by atoms with Gasteiger partial charge in [0.1, 0.15) is 9.88 Å². The zero-order chi connectivity index (χ0) is 11.7. The molecule has 0 amide bonds. The molecule has 1 heterocycles. The van der Waals surface area contributed by atoms with Crippen molar-refractivity contribution in [2.24, 2.45) is 0 Å². The highest BCUT2D eigenvalue weighted by atomic mass is 35.5. The zero-order valence-electron chi connectivity index (χ0n) is 8.40. The van der Waals surface area contributed by atoms with E-state index in [1.807, 2.05) is 19.1 Å². The van der Waals surface area contributed by atoms with Crippen molar-refractivity contribution in [2.45, 2.75) is 6.92 Å². The second kappa shape index (κ2) is 4.23. The van der Waals surface area contributed by atoms with Gasteiger partial charge in [-0.05, 0) is 18.6 Å². The van der Waals surface area contributed by atoms with Gasteiger partial charge in [0, 0.05) is 10.6 Å². The van der Waals surface area contributed by atoms with Crippen LogP contribution in [-0.4, -0.2) is 16.1 Å². The maximum Gasteiger partial charge on any atom is 0.347 e. The van der Waals surface area contributed by atoms with Gasteiger partial charge in [0.2, 0.25) is 0 Å². The summed E-state index contributed by atoms with van der Waals surface area (Å²) in [5, 5.41) is 10.1. The molecule has 0 aliphatic carbocycles. The van der Waals surface area contributed by atoms with Crippen LogP contribution < -0.4 is 0 Å². The van der Waals surface area contributed by atoms with Crippen LogP contribution in [0.15, 0.2) is 24.4 Å². The largest absolute Gasteiger partial charge is 0.477 e. The second-order valence-corrected chi connectivity index (χ2v) is 4.69. The Balaban J connectivity index is 2.50. The van der Waals surface area contributed by atoms with E-state index in [1.54, 1.807) is 6.07 Å². The number of carbonyl (C=O) groups is 1. The van der Waals surface area contributed by atoms with Gasteiger partial charge in [-0.2, -0.15) is 0 Å². The van der Waals surface area contributed by atoms with E-state index in [-0.39, 0.29) is 4.88 Å². The number of nitrogens with zero attached hydrogens (tertiary/aromatic N) is 1. The number of aromatic nitrogens is 1. The fourth-order valence-corrected chi connectivity index (χ4v) is 2.35. The van der Waals surface area contributed by atoms with Crippen molar-refractivity contribution in [3.05, 3.63) is 39.9 Å². The summed E-state index contributed by atoms with van der Waals surface area (Å²) >= 11 is 7.14. The van der Waals surface area contributed by atoms with Crippen LogP contribution in [0, 0.1) is 6.92 Å². The van der Waals surface area contributed by atoms with Crippen LogP contribution >= 0.6 is 22.9 Å². The molecule has 82 valence electrons. The zero-order valence-corrected chi connectivity index (χ0v) is 9.97. The van der Waals surface area contributed by atoms with Crippen molar-refractivity contribution in [3.63, 3.8) is 0 Å². The SMILES string of the molecule is Cc1c(Cl)cccc1-c1ncc(C(=O)O)s1. The monoisotopic (exact) mass is 253 g/mol. The average molecular weight is 254 g/mol. The average Bonchev–Trinajstić information content (AvgIpc) is 2.71. The summed E-state index contributed by atoms with van der Waals surface area (Å²) < 4.78 is 0. The molecule has 1 aromatic carbocycles. The van der Waals surface area contributed by atoms with Gasteiger partial charge in [-0.15, -0.1) is 11.3 Å². The Labute approximate surface area is 101 Å². The molecule has 0 saturated heterocycles. The summed E-state index contributed by atoms with van der Waals surface area (Å²) in [6.45, 7) is 1.89. The molecular formula is C11H8ClNO2S. The molecule has 2 rings (SSSR count).